The Hall–Kier alpha value is -2.40. The van der Waals surface area contributed by atoms with Crippen LogP contribution in [0.25, 0.3) is 0 Å². The van der Waals surface area contributed by atoms with Crippen molar-refractivity contribution in [2.45, 2.75) is 19.9 Å². The molecule has 0 aliphatic carbocycles. The van der Waals surface area contributed by atoms with Crippen LogP contribution in [0.2, 0.25) is 5.02 Å². The second-order valence-electron chi connectivity index (χ2n) is 4.81. The van der Waals surface area contributed by atoms with Crippen molar-refractivity contribution in [3.05, 3.63) is 58.9 Å². The molecular weight excluding hydrogens is 300 g/mol. The van der Waals surface area contributed by atoms with Crippen LogP contribution >= 0.6 is 11.6 Å². The first-order valence-corrected chi connectivity index (χ1v) is 7.21. The van der Waals surface area contributed by atoms with Gasteiger partial charge in [-0.25, -0.2) is 5.43 Å². The minimum atomic E-state index is -0.443. The van der Waals surface area contributed by atoms with Crippen molar-refractivity contribution in [1.29, 1.82) is 0 Å². The highest BCUT2D eigenvalue weighted by atomic mass is 35.5. The largest absolute Gasteiger partial charge is 0.374 e. The molecule has 1 heterocycles. The van der Waals surface area contributed by atoms with Crippen LogP contribution in [0.4, 0.5) is 5.69 Å². The van der Waals surface area contributed by atoms with Gasteiger partial charge in [-0.15, -0.1) is 0 Å². The summed E-state index contributed by atoms with van der Waals surface area (Å²) in [5, 5.41) is 7.58. The van der Waals surface area contributed by atoms with Gasteiger partial charge in [0.15, 0.2) is 0 Å². The third-order valence-corrected chi connectivity index (χ3v) is 3.12. The molecule has 0 aliphatic heterocycles. The van der Waals surface area contributed by atoms with E-state index in [-0.39, 0.29) is 5.91 Å². The number of hydrazone groups is 1. The van der Waals surface area contributed by atoms with Crippen LogP contribution in [-0.4, -0.2) is 23.1 Å². The number of nitrogens with zero attached hydrogens (tertiary/aromatic N) is 2. The smallest absolute Gasteiger partial charge is 0.262 e. The average molecular weight is 317 g/mol. The summed E-state index contributed by atoms with van der Waals surface area (Å²) in [4.78, 5) is 16.2. The maximum atomic E-state index is 11.9. The number of pyridine rings is 1. The lowest BCUT2D eigenvalue weighted by Crippen LogP contribution is -2.34. The summed E-state index contributed by atoms with van der Waals surface area (Å²) in [6.45, 7) is 3.64. The molecule has 1 amide bonds. The van der Waals surface area contributed by atoms with Crippen molar-refractivity contribution >= 4 is 29.4 Å². The van der Waals surface area contributed by atoms with E-state index in [1.54, 1.807) is 19.1 Å². The number of aryl methyl sites for hydroxylation is 1. The van der Waals surface area contributed by atoms with Gasteiger partial charge in [0.1, 0.15) is 6.04 Å². The van der Waals surface area contributed by atoms with Crippen molar-refractivity contribution in [3.63, 3.8) is 0 Å². The van der Waals surface area contributed by atoms with Crippen LogP contribution in [0.1, 0.15) is 18.3 Å². The number of rotatable bonds is 5. The van der Waals surface area contributed by atoms with E-state index in [4.69, 9.17) is 11.6 Å². The average Bonchev–Trinajstić information content (AvgIpc) is 2.47. The second-order valence-corrected chi connectivity index (χ2v) is 5.25. The Bertz CT molecular complexity index is 687. The van der Waals surface area contributed by atoms with E-state index in [2.05, 4.69) is 20.8 Å². The first-order valence-electron chi connectivity index (χ1n) is 6.83. The molecule has 6 heteroatoms. The SMILES string of the molecule is Cc1cccc(C=NNC(=O)[C@@H](C)Nc2cccc(Cl)c2)n1. The van der Waals surface area contributed by atoms with Gasteiger partial charge in [0.25, 0.3) is 5.91 Å². The fraction of sp³-hybridized carbons (Fsp3) is 0.188. The molecule has 1 aromatic carbocycles. The van der Waals surface area contributed by atoms with Crippen LogP contribution in [-0.2, 0) is 4.79 Å². The summed E-state index contributed by atoms with van der Waals surface area (Å²) in [6, 6.07) is 12.3. The Morgan fingerprint density at radius 3 is 2.82 bits per heavy atom. The Morgan fingerprint density at radius 2 is 2.09 bits per heavy atom. The maximum absolute atomic E-state index is 11.9. The van der Waals surface area contributed by atoms with Crippen LogP contribution in [0, 0.1) is 6.92 Å². The van der Waals surface area contributed by atoms with Gasteiger partial charge in [0, 0.05) is 16.4 Å². The number of amides is 1. The Morgan fingerprint density at radius 1 is 1.32 bits per heavy atom. The zero-order valence-corrected chi connectivity index (χ0v) is 13.1. The Balaban J connectivity index is 1.89. The highest BCUT2D eigenvalue weighted by molar-refractivity contribution is 6.30. The molecule has 1 aromatic heterocycles. The number of halogens is 1. The topological polar surface area (TPSA) is 66.4 Å². The van der Waals surface area contributed by atoms with E-state index in [1.165, 1.54) is 6.21 Å². The number of benzene rings is 1. The standard InChI is InChI=1S/C16H17ClN4O/c1-11-5-3-8-15(19-11)10-18-21-16(22)12(2)20-14-7-4-6-13(17)9-14/h3-10,12,20H,1-2H3,(H,21,22)/t12-/m1/s1. The lowest BCUT2D eigenvalue weighted by atomic mass is 10.2. The van der Waals surface area contributed by atoms with Crippen molar-refractivity contribution in [2.75, 3.05) is 5.32 Å². The van der Waals surface area contributed by atoms with Gasteiger partial charge < -0.3 is 5.32 Å². The summed E-state index contributed by atoms with van der Waals surface area (Å²) < 4.78 is 0. The van der Waals surface area contributed by atoms with Gasteiger partial charge in [-0.3, -0.25) is 9.78 Å². The predicted molar refractivity (Wildman–Crippen MR) is 89.2 cm³/mol. The number of carbonyl (C=O) groups excluding carboxylic acids is 1. The third-order valence-electron chi connectivity index (χ3n) is 2.88. The minimum absolute atomic E-state index is 0.246. The van der Waals surface area contributed by atoms with Crippen LogP contribution in [0.3, 0.4) is 0 Å². The number of carbonyl (C=O) groups is 1. The molecule has 2 N–H and O–H groups in total. The molecule has 22 heavy (non-hydrogen) atoms. The van der Waals surface area contributed by atoms with Gasteiger partial charge in [-0.2, -0.15) is 5.10 Å². The number of nitrogens with one attached hydrogen (secondary N) is 2. The second kappa shape index (κ2) is 7.56. The Labute approximate surface area is 134 Å². The van der Waals surface area contributed by atoms with Crippen molar-refractivity contribution in [2.24, 2.45) is 5.10 Å². The summed E-state index contributed by atoms with van der Waals surface area (Å²) >= 11 is 5.90. The van der Waals surface area contributed by atoms with E-state index in [9.17, 15) is 4.79 Å². The lowest BCUT2D eigenvalue weighted by molar-refractivity contribution is -0.121. The molecular formula is C16H17ClN4O. The fourth-order valence-electron chi connectivity index (χ4n) is 1.79. The molecule has 2 rings (SSSR count). The molecule has 114 valence electrons. The van der Waals surface area contributed by atoms with E-state index in [0.717, 1.165) is 11.4 Å². The third kappa shape index (κ3) is 4.86. The monoisotopic (exact) mass is 316 g/mol. The van der Waals surface area contributed by atoms with E-state index in [0.29, 0.717) is 10.7 Å². The van der Waals surface area contributed by atoms with Crippen LogP contribution in [0.5, 0.6) is 0 Å². The van der Waals surface area contributed by atoms with Gasteiger partial charge in [-0.05, 0) is 44.2 Å². The fourth-order valence-corrected chi connectivity index (χ4v) is 1.98. The first-order chi connectivity index (χ1) is 10.5. The molecule has 0 saturated heterocycles. The zero-order valence-electron chi connectivity index (χ0n) is 12.4. The number of hydrogen-bond donors (Lipinski definition) is 2. The van der Waals surface area contributed by atoms with Crippen molar-refractivity contribution in [1.82, 2.24) is 10.4 Å². The number of anilines is 1. The molecule has 2 aromatic rings. The van der Waals surface area contributed by atoms with Gasteiger partial charge in [-0.1, -0.05) is 23.7 Å². The molecule has 0 spiro atoms. The minimum Gasteiger partial charge on any atom is -0.374 e. The van der Waals surface area contributed by atoms with Crippen molar-refractivity contribution < 1.29 is 4.79 Å². The maximum Gasteiger partial charge on any atom is 0.262 e. The quantitative estimate of drug-likeness (QED) is 0.658. The van der Waals surface area contributed by atoms with Gasteiger partial charge >= 0.3 is 0 Å². The number of hydrogen-bond acceptors (Lipinski definition) is 4. The summed E-state index contributed by atoms with van der Waals surface area (Å²) in [6.07, 6.45) is 1.51. The molecule has 1 atom stereocenters. The van der Waals surface area contributed by atoms with E-state index < -0.39 is 6.04 Å². The van der Waals surface area contributed by atoms with E-state index in [1.807, 2.05) is 37.3 Å². The number of aromatic nitrogens is 1. The normalized spacial score (nSPS) is 12.1. The zero-order chi connectivity index (χ0) is 15.9. The van der Waals surface area contributed by atoms with Crippen LogP contribution < -0.4 is 10.7 Å². The summed E-state index contributed by atoms with van der Waals surface area (Å²) in [5.41, 5.74) is 4.84. The Kier molecular flexibility index (Phi) is 5.49. The lowest BCUT2D eigenvalue weighted by Gasteiger charge is -2.13. The molecule has 5 nitrogen and oxygen atoms in total. The molecule has 0 aliphatic rings. The summed E-state index contributed by atoms with van der Waals surface area (Å²) in [7, 11) is 0. The molecule has 0 fully saturated rings. The first kappa shape index (κ1) is 16.0. The summed E-state index contributed by atoms with van der Waals surface area (Å²) in [5.74, 6) is -0.246. The molecule has 0 saturated carbocycles. The van der Waals surface area contributed by atoms with Gasteiger partial charge in [0.2, 0.25) is 0 Å². The van der Waals surface area contributed by atoms with E-state index >= 15 is 0 Å². The highest BCUT2D eigenvalue weighted by Gasteiger charge is 2.11. The molecule has 0 unspecified atom stereocenters. The van der Waals surface area contributed by atoms with Crippen LogP contribution in [0.15, 0.2) is 47.6 Å². The van der Waals surface area contributed by atoms with Gasteiger partial charge in [0.05, 0.1) is 11.9 Å². The molecule has 0 radical (unpaired) electrons. The van der Waals surface area contributed by atoms with Crippen molar-refractivity contribution in [3.8, 4) is 0 Å². The predicted octanol–water partition coefficient (Wildman–Crippen LogP) is 2.99. The molecule has 0 bridgehead atoms. The highest BCUT2D eigenvalue weighted by Crippen LogP contribution is 2.15.